The Labute approximate surface area is 196 Å². The first kappa shape index (κ1) is 23.8. The summed E-state index contributed by atoms with van der Waals surface area (Å²) in [6.07, 6.45) is 0. The van der Waals surface area contributed by atoms with Gasteiger partial charge in [-0.2, -0.15) is 0 Å². The van der Waals surface area contributed by atoms with Crippen LogP contribution in [0.5, 0.6) is 0 Å². The van der Waals surface area contributed by atoms with E-state index < -0.39 is 0 Å². The molecule has 0 aliphatic heterocycles. The largest absolute Gasteiger partial charge is 0.370 e. The molecule has 10 heteroatoms. The van der Waals surface area contributed by atoms with E-state index in [0.717, 1.165) is 11.1 Å². The van der Waals surface area contributed by atoms with Crippen molar-refractivity contribution < 1.29 is 9.59 Å². The Balaban J connectivity index is 1.54. The SMILES string of the molecule is N=C(N)NCc1ccc(NC(=O)c2ccc(C(=O)Nc3ccc(CNC(=N)N)cc3)cc2)cc1. The summed E-state index contributed by atoms with van der Waals surface area (Å²) in [6, 6.07) is 20.7. The Morgan fingerprint density at radius 1 is 0.588 bits per heavy atom. The van der Waals surface area contributed by atoms with Crippen LogP contribution in [0.25, 0.3) is 0 Å². The van der Waals surface area contributed by atoms with Crippen LogP contribution < -0.4 is 32.7 Å². The molecule has 34 heavy (non-hydrogen) atoms. The highest BCUT2D eigenvalue weighted by Crippen LogP contribution is 2.14. The van der Waals surface area contributed by atoms with Crippen molar-refractivity contribution in [2.24, 2.45) is 11.5 Å². The summed E-state index contributed by atoms with van der Waals surface area (Å²) < 4.78 is 0. The van der Waals surface area contributed by atoms with Crippen molar-refractivity contribution in [2.75, 3.05) is 10.6 Å². The normalized spacial score (nSPS) is 10.1. The quantitative estimate of drug-likeness (QED) is 0.189. The fourth-order valence-corrected chi connectivity index (χ4v) is 2.99. The van der Waals surface area contributed by atoms with Gasteiger partial charge in [0.05, 0.1) is 0 Å². The Morgan fingerprint density at radius 2 is 0.912 bits per heavy atom. The van der Waals surface area contributed by atoms with E-state index in [4.69, 9.17) is 22.3 Å². The molecule has 0 saturated carbocycles. The van der Waals surface area contributed by atoms with Gasteiger partial charge < -0.3 is 32.7 Å². The van der Waals surface area contributed by atoms with Crippen molar-refractivity contribution in [2.45, 2.75) is 13.1 Å². The van der Waals surface area contributed by atoms with Crippen molar-refractivity contribution >= 4 is 35.1 Å². The summed E-state index contributed by atoms with van der Waals surface area (Å²) in [4.78, 5) is 25.0. The van der Waals surface area contributed by atoms with Gasteiger partial charge in [0.15, 0.2) is 11.9 Å². The maximum Gasteiger partial charge on any atom is 0.255 e. The van der Waals surface area contributed by atoms with Crippen LogP contribution in [0, 0.1) is 10.8 Å². The number of amides is 2. The molecule has 0 saturated heterocycles. The number of carbonyl (C=O) groups is 2. The molecule has 174 valence electrons. The summed E-state index contributed by atoms with van der Waals surface area (Å²) in [7, 11) is 0. The summed E-state index contributed by atoms with van der Waals surface area (Å²) in [5.74, 6) is -0.801. The van der Waals surface area contributed by atoms with Crippen LogP contribution >= 0.6 is 0 Å². The Bertz CT molecular complexity index is 1080. The third-order valence-electron chi connectivity index (χ3n) is 4.80. The predicted octanol–water partition coefficient (Wildman–Crippen LogP) is 2.16. The van der Waals surface area contributed by atoms with Gasteiger partial charge in [0.25, 0.3) is 11.8 Å². The van der Waals surface area contributed by atoms with Crippen LogP contribution in [-0.4, -0.2) is 23.7 Å². The zero-order chi connectivity index (χ0) is 24.5. The molecule has 3 aromatic rings. The minimum atomic E-state index is -0.295. The highest BCUT2D eigenvalue weighted by molar-refractivity contribution is 6.07. The first-order valence-corrected chi connectivity index (χ1v) is 10.4. The van der Waals surface area contributed by atoms with Gasteiger partial charge in [-0.15, -0.1) is 0 Å². The monoisotopic (exact) mass is 458 g/mol. The lowest BCUT2D eigenvalue weighted by Crippen LogP contribution is -2.29. The summed E-state index contributed by atoms with van der Waals surface area (Å²) in [5, 5.41) is 25.4. The molecule has 0 unspecified atom stereocenters. The zero-order valence-corrected chi connectivity index (χ0v) is 18.3. The number of carbonyl (C=O) groups excluding carboxylic acids is 2. The Hall–Kier alpha value is -4.86. The van der Waals surface area contributed by atoms with Crippen LogP contribution in [0.3, 0.4) is 0 Å². The second-order valence-electron chi connectivity index (χ2n) is 7.41. The molecule has 0 bridgehead atoms. The van der Waals surface area contributed by atoms with E-state index in [1.54, 1.807) is 48.5 Å². The van der Waals surface area contributed by atoms with Crippen molar-refractivity contribution in [3.05, 3.63) is 95.1 Å². The molecule has 10 nitrogen and oxygen atoms in total. The van der Waals surface area contributed by atoms with Crippen LogP contribution in [0.2, 0.25) is 0 Å². The molecular formula is C24H26N8O2. The number of rotatable bonds is 8. The van der Waals surface area contributed by atoms with Gasteiger partial charge in [-0.05, 0) is 59.7 Å². The molecule has 2 amide bonds. The Kier molecular flexibility index (Phi) is 7.79. The number of anilines is 2. The first-order valence-electron chi connectivity index (χ1n) is 10.4. The van der Waals surface area contributed by atoms with E-state index in [0.29, 0.717) is 35.6 Å². The summed E-state index contributed by atoms with van der Waals surface area (Å²) in [6.45, 7) is 0.850. The lowest BCUT2D eigenvalue weighted by Gasteiger charge is -2.09. The number of nitrogens with one attached hydrogen (secondary N) is 6. The first-order chi connectivity index (χ1) is 16.3. The third kappa shape index (κ3) is 7.09. The fraction of sp³-hybridized carbons (Fsp3) is 0.0833. The van der Waals surface area contributed by atoms with Gasteiger partial charge in [-0.3, -0.25) is 20.4 Å². The lowest BCUT2D eigenvalue weighted by atomic mass is 10.1. The van der Waals surface area contributed by atoms with E-state index >= 15 is 0 Å². The van der Waals surface area contributed by atoms with E-state index in [-0.39, 0.29) is 23.7 Å². The molecule has 0 radical (unpaired) electrons. The molecule has 0 fully saturated rings. The molecule has 0 atom stereocenters. The van der Waals surface area contributed by atoms with E-state index in [1.165, 1.54) is 0 Å². The van der Waals surface area contributed by atoms with Crippen LogP contribution in [-0.2, 0) is 13.1 Å². The second kappa shape index (κ2) is 11.1. The van der Waals surface area contributed by atoms with Crippen molar-refractivity contribution in [3.63, 3.8) is 0 Å². The molecule has 0 heterocycles. The van der Waals surface area contributed by atoms with E-state index in [9.17, 15) is 9.59 Å². The maximum absolute atomic E-state index is 12.5. The summed E-state index contributed by atoms with van der Waals surface area (Å²) >= 11 is 0. The van der Waals surface area contributed by atoms with E-state index in [1.807, 2.05) is 24.3 Å². The zero-order valence-electron chi connectivity index (χ0n) is 18.3. The maximum atomic E-state index is 12.5. The van der Waals surface area contributed by atoms with Crippen molar-refractivity contribution in [1.82, 2.24) is 10.6 Å². The molecule has 3 aromatic carbocycles. The van der Waals surface area contributed by atoms with Gasteiger partial charge in [0.2, 0.25) is 0 Å². The topological polar surface area (TPSA) is 182 Å². The minimum absolute atomic E-state index is 0.105. The Morgan fingerprint density at radius 3 is 1.21 bits per heavy atom. The molecule has 3 rings (SSSR count). The van der Waals surface area contributed by atoms with Crippen LogP contribution in [0.15, 0.2) is 72.8 Å². The van der Waals surface area contributed by atoms with Crippen LogP contribution in [0.1, 0.15) is 31.8 Å². The number of nitrogens with two attached hydrogens (primary N) is 2. The number of benzene rings is 3. The van der Waals surface area contributed by atoms with Gasteiger partial charge in [0.1, 0.15) is 0 Å². The molecule has 0 aliphatic rings. The third-order valence-corrected chi connectivity index (χ3v) is 4.80. The number of hydrogen-bond acceptors (Lipinski definition) is 4. The summed E-state index contributed by atoms with van der Waals surface area (Å²) in [5.41, 5.74) is 14.5. The smallest absolute Gasteiger partial charge is 0.255 e. The van der Waals surface area contributed by atoms with Gasteiger partial charge in [-0.25, -0.2) is 0 Å². The molecular weight excluding hydrogens is 432 g/mol. The highest BCUT2D eigenvalue weighted by Gasteiger charge is 2.10. The predicted molar refractivity (Wildman–Crippen MR) is 133 cm³/mol. The lowest BCUT2D eigenvalue weighted by molar-refractivity contribution is 0.101. The average Bonchev–Trinajstić information content (AvgIpc) is 2.83. The highest BCUT2D eigenvalue weighted by atomic mass is 16.2. The van der Waals surface area contributed by atoms with Gasteiger partial charge in [0, 0.05) is 35.6 Å². The molecule has 0 aliphatic carbocycles. The molecule has 0 aromatic heterocycles. The molecule has 0 spiro atoms. The average molecular weight is 459 g/mol. The molecule has 10 N–H and O–H groups in total. The number of hydrogen-bond donors (Lipinski definition) is 8. The van der Waals surface area contributed by atoms with E-state index in [2.05, 4.69) is 21.3 Å². The number of guanidine groups is 2. The van der Waals surface area contributed by atoms with Gasteiger partial charge in [-0.1, -0.05) is 24.3 Å². The second-order valence-corrected chi connectivity index (χ2v) is 7.41. The van der Waals surface area contributed by atoms with Crippen molar-refractivity contribution in [3.8, 4) is 0 Å². The van der Waals surface area contributed by atoms with Crippen LogP contribution in [0.4, 0.5) is 11.4 Å². The van der Waals surface area contributed by atoms with Gasteiger partial charge >= 0.3 is 0 Å². The minimum Gasteiger partial charge on any atom is -0.370 e. The van der Waals surface area contributed by atoms with Crippen molar-refractivity contribution in [1.29, 1.82) is 10.8 Å². The fourth-order valence-electron chi connectivity index (χ4n) is 2.99. The standard InChI is InChI=1S/C24H26N8O2/c25-23(26)29-13-15-1-9-19(10-2-15)31-21(33)17-5-7-18(8-6-17)22(34)32-20-11-3-16(4-12-20)14-30-24(27)28/h1-12H,13-14H2,(H,31,33)(H,32,34)(H4,25,26,29)(H4,27,28,30).